The fraction of sp³-hybridized carbons (Fsp3) is 0.400. The number of carbonyl (C=O) groups excluding carboxylic acids is 2. The Morgan fingerprint density at radius 3 is 2.80 bits per heavy atom. The summed E-state index contributed by atoms with van der Waals surface area (Å²) in [6, 6.07) is 11.7. The molecule has 1 spiro atoms. The van der Waals surface area contributed by atoms with Gasteiger partial charge in [0.15, 0.2) is 5.76 Å². The molecule has 0 N–H and O–H groups in total. The number of hydrogen-bond acceptors (Lipinski definition) is 3. The van der Waals surface area contributed by atoms with Crippen molar-refractivity contribution in [2.75, 3.05) is 19.6 Å². The van der Waals surface area contributed by atoms with Crippen LogP contribution in [0, 0.1) is 12.3 Å². The molecule has 0 radical (unpaired) electrons. The van der Waals surface area contributed by atoms with Gasteiger partial charge in [-0.25, -0.2) is 0 Å². The summed E-state index contributed by atoms with van der Waals surface area (Å²) < 4.78 is 5.21. The Balaban J connectivity index is 1.45. The predicted octanol–water partition coefficient (Wildman–Crippen LogP) is 2.85. The van der Waals surface area contributed by atoms with Gasteiger partial charge < -0.3 is 14.2 Å². The minimum absolute atomic E-state index is 0.119. The summed E-state index contributed by atoms with van der Waals surface area (Å²) in [4.78, 5) is 29.2. The second-order valence-corrected chi connectivity index (χ2v) is 7.20. The Morgan fingerprint density at radius 2 is 2.04 bits per heavy atom. The van der Waals surface area contributed by atoms with Gasteiger partial charge in [0.25, 0.3) is 5.91 Å². The number of hydrogen-bond donors (Lipinski definition) is 0. The lowest BCUT2D eigenvalue weighted by atomic mass is 9.85. The molecule has 25 heavy (non-hydrogen) atoms. The number of nitrogens with zero attached hydrogens (tertiary/aromatic N) is 2. The van der Waals surface area contributed by atoms with Gasteiger partial charge in [-0.1, -0.05) is 29.8 Å². The van der Waals surface area contributed by atoms with E-state index in [1.54, 1.807) is 17.0 Å². The average molecular weight is 338 g/mol. The molecule has 1 aromatic carbocycles. The highest BCUT2D eigenvalue weighted by Gasteiger charge is 2.51. The Labute approximate surface area is 147 Å². The lowest BCUT2D eigenvalue weighted by molar-refractivity contribution is -0.135. The van der Waals surface area contributed by atoms with Crippen molar-refractivity contribution in [1.82, 2.24) is 9.80 Å². The van der Waals surface area contributed by atoms with Gasteiger partial charge in [-0.3, -0.25) is 9.59 Å². The molecule has 0 aliphatic carbocycles. The smallest absolute Gasteiger partial charge is 0.289 e. The van der Waals surface area contributed by atoms with Crippen LogP contribution in [-0.4, -0.2) is 41.2 Å². The Bertz CT molecular complexity index is 799. The van der Waals surface area contributed by atoms with Gasteiger partial charge >= 0.3 is 0 Å². The molecule has 1 atom stereocenters. The number of likely N-dealkylation sites (tertiary alicyclic amines) is 2. The summed E-state index contributed by atoms with van der Waals surface area (Å²) in [6.07, 6.45) is 3.06. The van der Waals surface area contributed by atoms with E-state index in [4.69, 9.17) is 4.42 Å². The Kier molecular flexibility index (Phi) is 3.86. The van der Waals surface area contributed by atoms with E-state index in [9.17, 15) is 9.59 Å². The highest BCUT2D eigenvalue weighted by molar-refractivity contribution is 5.93. The molecule has 2 aliphatic rings. The van der Waals surface area contributed by atoms with Gasteiger partial charge in [0.2, 0.25) is 5.91 Å². The molecule has 2 amide bonds. The number of benzene rings is 1. The van der Waals surface area contributed by atoms with Crippen LogP contribution in [0.3, 0.4) is 0 Å². The molecule has 1 aromatic heterocycles. The second kappa shape index (κ2) is 6.06. The number of aryl methyl sites for hydroxylation is 1. The van der Waals surface area contributed by atoms with E-state index in [1.165, 1.54) is 11.8 Å². The van der Waals surface area contributed by atoms with E-state index in [-0.39, 0.29) is 11.8 Å². The molecule has 0 bridgehead atoms. The topological polar surface area (TPSA) is 53.8 Å². The normalized spacial score (nSPS) is 23.0. The Hall–Kier alpha value is -2.56. The summed E-state index contributed by atoms with van der Waals surface area (Å²) in [5, 5.41) is 0. The summed E-state index contributed by atoms with van der Waals surface area (Å²) in [7, 11) is 0. The van der Waals surface area contributed by atoms with Crippen LogP contribution in [0.15, 0.2) is 47.1 Å². The predicted molar refractivity (Wildman–Crippen MR) is 92.9 cm³/mol. The van der Waals surface area contributed by atoms with Crippen LogP contribution in [-0.2, 0) is 11.3 Å². The van der Waals surface area contributed by atoms with E-state index in [1.807, 2.05) is 11.0 Å². The van der Waals surface area contributed by atoms with Gasteiger partial charge in [0.05, 0.1) is 11.7 Å². The molecule has 5 heteroatoms. The molecule has 5 nitrogen and oxygen atoms in total. The van der Waals surface area contributed by atoms with Crippen molar-refractivity contribution >= 4 is 11.8 Å². The van der Waals surface area contributed by atoms with Crippen LogP contribution in [0.4, 0.5) is 0 Å². The average Bonchev–Trinajstić information content (AvgIpc) is 3.33. The molecule has 0 saturated carbocycles. The first kappa shape index (κ1) is 15.9. The molecule has 130 valence electrons. The van der Waals surface area contributed by atoms with Gasteiger partial charge in [-0.2, -0.15) is 0 Å². The maximum absolute atomic E-state index is 13.0. The molecule has 2 aliphatic heterocycles. The largest absolute Gasteiger partial charge is 0.459 e. The SMILES string of the molecule is Cc1cccc(CN2CC[C@]3(CCN(C(=O)c4ccco4)C3)C2=O)c1. The van der Waals surface area contributed by atoms with Gasteiger partial charge in [0.1, 0.15) is 0 Å². The third-order valence-corrected chi connectivity index (χ3v) is 5.43. The zero-order chi connectivity index (χ0) is 17.4. The maximum atomic E-state index is 13.0. The lowest BCUT2D eigenvalue weighted by Gasteiger charge is -2.23. The number of amides is 2. The molecule has 0 unspecified atom stereocenters. The minimum Gasteiger partial charge on any atom is -0.459 e. The maximum Gasteiger partial charge on any atom is 0.289 e. The zero-order valence-corrected chi connectivity index (χ0v) is 14.4. The zero-order valence-electron chi connectivity index (χ0n) is 14.4. The van der Waals surface area contributed by atoms with E-state index in [2.05, 4.69) is 25.1 Å². The molecular weight excluding hydrogens is 316 g/mol. The standard InChI is InChI=1S/C20H22N2O3/c1-15-4-2-5-16(12-15)13-21-9-7-20(19(21)24)8-10-22(14-20)18(23)17-6-3-11-25-17/h2-6,11-12H,7-10,13-14H2,1H3/t20-/m1/s1. The summed E-state index contributed by atoms with van der Waals surface area (Å²) in [6.45, 7) is 4.58. The van der Waals surface area contributed by atoms with Gasteiger partial charge in [-0.15, -0.1) is 0 Å². The van der Waals surface area contributed by atoms with Crippen molar-refractivity contribution in [3.63, 3.8) is 0 Å². The van der Waals surface area contributed by atoms with Crippen LogP contribution in [0.25, 0.3) is 0 Å². The van der Waals surface area contributed by atoms with Gasteiger partial charge in [0, 0.05) is 26.2 Å². The first-order chi connectivity index (χ1) is 12.1. The summed E-state index contributed by atoms with van der Waals surface area (Å²) >= 11 is 0. The number of furan rings is 1. The monoisotopic (exact) mass is 338 g/mol. The molecule has 3 heterocycles. The highest BCUT2D eigenvalue weighted by Crippen LogP contribution is 2.41. The summed E-state index contributed by atoms with van der Waals surface area (Å²) in [5.41, 5.74) is 1.95. The van der Waals surface area contributed by atoms with Crippen LogP contribution < -0.4 is 0 Å². The van der Waals surface area contributed by atoms with Crippen molar-refractivity contribution in [3.8, 4) is 0 Å². The molecule has 2 aromatic rings. The van der Waals surface area contributed by atoms with E-state index < -0.39 is 5.41 Å². The van der Waals surface area contributed by atoms with E-state index in [0.717, 1.165) is 24.9 Å². The minimum atomic E-state index is -0.411. The van der Waals surface area contributed by atoms with Crippen molar-refractivity contribution in [1.29, 1.82) is 0 Å². The van der Waals surface area contributed by atoms with Crippen LogP contribution >= 0.6 is 0 Å². The third kappa shape index (κ3) is 2.84. The quantitative estimate of drug-likeness (QED) is 0.865. The highest BCUT2D eigenvalue weighted by atomic mass is 16.3. The number of carbonyl (C=O) groups is 2. The van der Waals surface area contributed by atoms with E-state index >= 15 is 0 Å². The van der Waals surface area contributed by atoms with Crippen LogP contribution in [0.2, 0.25) is 0 Å². The first-order valence-corrected chi connectivity index (χ1v) is 8.75. The van der Waals surface area contributed by atoms with Crippen LogP contribution in [0.5, 0.6) is 0 Å². The number of rotatable bonds is 3. The second-order valence-electron chi connectivity index (χ2n) is 7.20. The fourth-order valence-corrected chi connectivity index (χ4v) is 4.06. The summed E-state index contributed by atoms with van der Waals surface area (Å²) in [5.74, 6) is 0.412. The molecular formula is C20H22N2O3. The molecule has 2 saturated heterocycles. The first-order valence-electron chi connectivity index (χ1n) is 8.75. The third-order valence-electron chi connectivity index (χ3n) is 5.43. The van der Waals surface area contributed by atoms with Crippen molar-refractivity contribution in [2.45, 2.75) is 26.3 Å². The Morgan fingerprint density at radius 1 is 1.20 bits per heavy atom. The van der Waals surface area contributed by atoms with Crippen LogP contribution in [0.1, 0.15) is 34.5 Å². The fourth-order valence-electron chi connectivity index (χ4n) is 4.06. The van der Waals surface area contributed by atoms with Crippen molar-refractivity contribution < 1.29 is 14.0 Å². The lowest BCUT2D eigenvalue weighted by Crippen LogP contribution is -2.38. The molecule has 2 fully saturated rings. The van der Waals surface area contributed by atoms with Crippen molar-refractivity contribution in [3.05, 3.63) is 59.5 Å². The van der Waals surface area contributed by atoms with Crippen molar-refractivity contribution in [2.24, 2.45) is 5.41 Å². The van der Waals surface area contributed by atoms with E-state index in [0.29, 0.717) is 25.4 Å². The van der Waals surface area contributed by atoms with Gasteiger partial charge in [-0.05, 0) is 37.5 Å². The molecule has 4 rings (SSSR count).